The van der Waals surface area contributed by atoms with Gasteiger partial charge in [0.15, 0.2) is 0 Å². The minimum absolute atomic E-state index is 0.0155. The van der Waals surface area contributed by atoms with Gasteiger partial charge in [0.1, 0.15) is 5.82 Å². The molecule has 28 heavy (non-hydrogen) atoms. The molecule has 6 nitrogen and oxygen atoms in total. The van der Waals surface area contributed by atoms with Gasteiger partial charge in [0.2, 0.25) is 0 Å². The highest BCUT2D eigenvalue weighted by atomic mass is 32.2. The number of benzene rings is 2. The second kappa shape index (κ2) is 9.16. The number of hydrogen-bond acceptors (Lipinski definition) is 4. The van der Waals surface area contributed by atoms with Crippen molar-refractivity contribution in [2.75, 3.05) is 25.4 Å². The summed E-state index contributed by atoms with van der Waals surface area (Å²) >= 11 is 0. The number of sulfonamides is 1. The fraction of sp³-hybridized carbons (Fsp3) is 0.350. The van der Waals surface area contributed by atoms with Gasteiger partial charge in [-0.1, -0.05) is 13.8 Å². The van der Waals surface area contributed by atoms with E-state index < -0.39 is 15.8 Å². The van der Waals surface area contributed by atoms with Crippen molar-refractivity contribution < 1.29 is 17.6 Å². The lowest BCUT2D eigenvalue weighted by Gasteiger charge is -2.28. The minimum Gasteiger partial charge on any atom is -0.350 e. The number of rotatable bonds is 8. The molecular weight excluding hydrogens is 381 g/mol. The number of hydrogen-bond donors (Lipinski definition) is 2. The van der Waals surface area contributed by atoms with Crippen LogP contribution in [0.2, 0.25) is 0 Å². The average molecular weight is 408 g/mol. The number of carbonyl (C=O) groups is 1. The van der Waals surface area contributed by atoms with E-state index >= 15 is 0 Å². The SMILES string of the molecule is CC(C)C(CNC(=O)c1ccc(S(=O)(=O)Nc2ccc(F)cc2)cc1)N(C)C. The summed E-state index contributed by atoms with van der Waals surface area (Å²) in [5, 5.41) is 2.88. The third-order valence-electron chi connectivity index (χ3n) is 4.43. The molecule has 0 aromatic heterocycles. The zero-order chi connectivity index (χ0) is 20.9. The van der Waals surface area contributed by atoms with Crippen molar-refractivity contribution in [1.82, 2.24) is 10.2 Å². The Labute approximate surface area is 165 Å². The molecule has 0 saturated carbocycles. The van der Waals surface area contributed by atoms with Crippen molar-refractivity contribution in [3.05, 3.63) is 59.9 Å². The van der Waals surface area contributed by atoms with E-state index in [0.717, 1.165) is 0 Å². The van der Waals surface area contributed by atoms with Crippen molar-refractivity contribution in [2.45, 2.75) is 24.8 Å². The standard InChI is InChI=1S/C20H26FN3O3S/c1-14(2)19(24(3)4)13-22-20(25)15-5-11-18(12-6-15)28(26,27)23-17-9-7-16(21)8-10-17/h5-12,14,19,23H,13H2,1-4H3,(H,22,25). The molecule has 0 aliphatic carbocycles. The number of anilines is 1. The monoisotopic (exact) mass is 407 g/mol. The molecule has 1 atom stereocenters. The highest BCUT2D eigenvalue weighted by Crippen LogP contribution is 2.17. The van der Waals surface area contributed by atoms with E-state index in [0.29, 0.717) is 18.0 Å². The van der Waals surface area contributed by atoms with E-state index in [4.69, 9.17) is 0 Å². The van der Waals surface area contributed by atoms with Crippen molar-refractivity contribution in [3.8, 4) is 0 Å². The minimum atomic E-state index is -3.83. The predicted molar refractivity (Wildman–Crippen MR) is 108 cm³/mol. The fourth-order valence-electron chi connectivity index (χ4n) is 2.83. The number of carbonyl (C=O) groups excluding carboxylic acids is 1. The van der Waals surface area contributed by atoms with E-state index in [1.807, 2.05) is 14.1 Å². The maximum absolute atomic E-state index is 12.9. The maximum atomic E-state index is 12.9. The largest absolute Gasteiger partial charge is 0.350 e. The Hall–Kier alpha value is -2.45. The lowest BCUT2D eigenvalue weighted by atomic mass is 10.0. The normalized spacial score (nSPS) is 12.8. The molecule has 8 heteroatoms. The predicted octanol–water partition coefficient (Wildman–Crippen LogP) is 2.94. The topological polar surface area (TPSA) is 78.5 Å². The van der Waals surface area contributed by atoms with Crippen molar-refractivity contribution in [2.24, 2.45) is 5.92 Å². The van der Waals surface area contributed by atoms with Gasteiger partial charge < -0.3 is 10.2 Å². The van der Waals surface area contributed by atoms with Crippen LogP contribution in [0, 0.1) is 11.7 Å². The van der Waals surface area contributed by atoms with Crippen molar-refractivity contribution in [3.63, 3.8) is 0 Å². The lowest BCUT2D eigenvalue weighted by Crippen LogP contribution is -2.43. The van der Waals surface area contributed by atoms with Crippen LogP contribution >= 0.6 is 0 Å². The number of nitrogens with zero attached hydrogens (tertiary/aromatic N) is 1. The van der Waals surface area contributed by atoms with Crippen molar-refractivity contribution in [1.29, 1.82) is 0 Å². The Morgan fingerprint density at radius 3 is 2.11 bits per heavy atom. The Balaban J connectivity index is 2.05. The van der Waals surface area contributed by atoms with E-state index in [2.05, 4.69) is 28.8 Å². The van der Waals surface area contributed by atoms with Crippen LogP contribution in [-0.4, -0.2) is 45.9 Å². The van der Waals surface area contributed by atoms with Gasteiger partial charge in [0.05, 0.1) is 4.90 Å². The highest BCUT2D eigenvalue weighted by Gasteiger charge is 2.18. The maximum Gasteiger partial charge on any atom is 0.261 e. The molecule has 0 aliphatic heterocycles. The summed E-state index contributed by atoms with van der Waals surface area (Å²) in [4.78, 5) is 14.4. The first-order chi connectivity index (χ1) is 13.1. The molecule has 0 spiro atoms. The van der Waals surface area contributed by atoms with Crippen LogP contribution in [0.15, 0.2) is 53.4 Å². The quantitative estimate of drug-likeness (QED) is 0.705. The molecule has 2 N–H and O–H groups in total. The van der Waals surface area contributed by atoms with Crippen molar-refractivity contribution >= 4 is 21.6 Å². The van der Waals surface area contributed by atoms with Crippen LogP contribution in [-0.2, 0) is 10.0 Å². The van der Waals surface area contributed by atoms with Gasteiger partial charge in [-0.2, -0.15) is 0 Å². The van der Waals surface area contributed by atoms with Crippen LogP contribution in [0.4, 0.5) is 10.1 Å². The Morgan fingerprint density at radius 2 is 1.61 bits per heavy atom. The number of halogens is 1. The summed E-state index contributed by atoms with van der Waals surface area (Å²) < 4.78 is 40.2. The van der Waals surface area contributed by atoms with Crippen LogP contribution < -0.4 is 10.0 Å². The Morgan fingerprint density at radius 1 is 1.04 bits per heavy atom. The first kappa shape index (κ1) is 21.8. The zero-order valence-electron chi connectivity index (χ0n) is 16.4. The molecule has 0 saturated heterocycles. The van der Waals surface area contributed by atoms with Crippen LogP contribution in [0.3, 0.4) is 0 Å². The first-order valence-electron chi connectivity index (χ1n) is 8.93. The highest BCUT2D eigenvalue weighted by molar-refractivity contribution is 7.92. The molecule has 152 valence electrons. The lowest BCUT2D eigenvalue weighted by molar-refractivity contribution is 0.0934. The van der Waals surface area contributed by atoms with Gasteiger partial charge in [-0.15, -0.1) is 0 Å². The van der Waals surface area contributed by atoms with Crippen LogP contribution in [0.25, 0.3) is 0 Å². The summed E-state index contributed by atoms with van der Waals surface area (Å²) in [6, 6.07) is 10.9. The zero-order valence-corrected chi connectivity index (χ0v) is 17.3. The van der Waals surface area contributed by atoms with E-state index in [9.17, 15) is 17.6 Å². The summed E-state index contributed by atoms with van der Waals surface area (Å²) in [5.41, 5.74) is 0.633. The summed E-state index contributed by atoms with van der Waals surface area (Å²) in [5.74, 6) is -0.337. The smallest absolute Gasteiger partial charge is 0.261 e. The Kier molecular flexibility index (Phi) is 7.15. The summed E-state index contributed by atoms with van der Waals surface area (Å²) in [6.07, 6.45) is 0. The molecule has 0 aliphatic rings. The van der Waals surface area contributed by atoms with E-state index in [-0.39, 0.29) is 22.5 Å². The second-order valence-electron chi connectivity index (χ2n) is 7.12. The van der Waals surface area contributed by atoms with E-state index in [1.54, 1.807) is 0 Å². The molecule has 0 fully saturated rings. The molecule has 2 aromatic rings. The van der Waals surface area contributed by atoms with Gasteiger partial charge in [0.25, 0.3) is 15.9 Å². The molecule has 1 amide bonds. The molecule has 0 bridgehead atoms. The molecule has 1 unspecified atom stereocenters. The molecule has 0 radical (unpaired) electrons. The van der Waals surface area contributed by atoms with Gasteiger partial charge in [0, 0.05) is 23.8 Å². The molecular formula is C20H26FN3O3S. The van der Waals surface area contributed by atoms with Gasteiger partial charge in [-0.3, -0.25) is 9.52 Å². The van der Waals surface area contributed by atoms with Gasteiger partial charge >= 0.3 is 0 Å². The molecule has 2 rings (SSSR count). The van der Waals surface area contributed by atoms with Gasteiger partial charge in [-0.25, -0.2) is 12.8 Å². The number of amides is 1. The molecule has 2 aromatic carbocycles. The van der Waals surface area contributed by atoms with Crippen LogP contribution in [0.5, 0.6) is 0 Å². The number of nitrogens with one attached hydrogen (secondary N) is 2. The van der Waals surface area contributed by atoms with Crippen LogP contribution in [0.1, 0.15) is 24.2 Å². The van der Waals surface area contributed by atoms with Gasteiger partial charge in [-0.05, 0) is 68.5 Å². The average Bonchev–Trinajstić information content (AvgIpc) is 2.63. The third-order valence-corrected chi connectivity index (χ3v) is 5.83. The Bertz CT molecular complexity index is 887. The summed E-state index contributed by atoms with van der Waals surface area (Å²) in [7, 11) is 0.0981. The van der Waals surface area contributed by atoms with E-state index in [1.165, 1.54) is 48.5 Å². The number of likely N-dealkylation sites (N-methyl/N-ethyl adjacent to an activating group) is 1. The fourth-order valence-corrected chi connectivity index (χ4v) is 3.89. The third kappa shape index (κ3) is 5.77. The summed E-state index contributed by atoms with van der Waals surface area (Å²) in [6.45, 7) is 4.67. The second-order valence-corrected chi connectivity index (χ2v) is 8.80. The first-order valence-corrected chi connectivity index (χ1v) is 10.4. The molecule has 0 heterocycles.